The number of Topliss-reactive ketones (excluding diaryl/α,β-unsaturated/α-hetero) is 1. The van der Waals surface area contributed by atoms with Crippen molar-refractivity contribution in [2.75, 3.05) is 39.3 Å². The minimum Gasteiger partial charge on any atom is -0.444 e. The van der Waals surface area contributed by atoms with Gasteiger partial charge in [0.1, 0.15) is 22.4 Å². The number of nitrogens with one attached hydrogen (secondary N) is 1. The molecule has 3 heterocycles. The number of piperidine rings is 3. The molecule has 0 radical (unpaired) electrons. The summed E-state index contributed by atoms with van der Waals surface area (Å²) in [7, 11) is 0. The maximum absolute atomic E-state index is 12.9. The molecule has 3 aliphatic carbocycles. The number of fused-ring (bicyclic) bond motifs is 3. The Balaban J connectivity index is 0.000000188. The maximum atomic E-state index is 12.9. The molecule has 17 heteroatoms. The van der Waals surface area contributed by atoms with Crippen LogP contribution in [0.15, 0.2) is 68.0 Å². The molecule has 0 aromatic heterocycles. The van der Waals surface area contributed by atoms with Crippen molar-refractivity contribution in [1.82, 2.24) is 20.0 Å². The number of ether oxygens (including phenoxy) is 4. The molecule has 4 amide bonds. The predicted molar refractivity (Wildman–Crippen MR) is 312 cm³/mol. The molecule has 3 spiro atoms. The number of ketones is 1. The van der Waals surface area contributed by atoms with Crippen LogP contribution in [0.1, 0.15) is 179 Å². The average molecular weight is 1260 g/mol. The van der Waals surface area contributed by atoms with Gasteiger partial charge in [0.2, 0.25) is 0 Å². The van der Waals surface area contributed by atoms with E-state index in [4.69, 9.17) is 24.7 Å². The van der Waals surface area contributed by atoms with Gasteiger partial charge in [0.15, 0.2) is 5.78 Å². The fraction of sp³-hybridized carbons (Fsp3) is 0.617. The van der Waals surface area contributed by atoms with Crippen LogP contribution in [-0.2, 0) is 38.2 Å². The lowest BCUT2D eigenvalue weighted by atomic mass is 9.73. The number of hydrogen-bond donors (Lipinski definition) is 2. The molecule has 3 N–H and O–H groups in total. The predicted octanol–water partition coefficient (Wildman–Crippen LogP) is 14.5. The van der Waals surface area contributed by atoms with Gasteiger partial charge >= 0.3 is 24.4 Å². The van der Waals surface area contributed by atoms with E-state index in [0.29, 0.717) is 39.0 Å². The smallest absolute Gasteiger partial charge is 0.410 e. The Kier molecular flexibility index (Phi) is 18.9. The molecule has 2 atom stereocenters. The maximum Gasteiger partial charge on any atom is 0.410 e. The van der Waals surface area contributed by atoms with Crippen molar-refractivity contribution >= 4 is 77.9 Å². The third-order valence-electron chi connectivity index (χ3n) is 15.4. The van der Waals surface area contributed by atoms with Gasteiger partial charge in [-0.25, -0.2) is 19.2 Å². The second-order valence-corrected chi connectivity index (χ2v) is 28.6. The van der Waals surface area contributed by atoms with Gasteiger partial charge in [-0.3, -0.25) is 4.79 Å². The van der Waals surface area contributed by atoms with Crippen molar-refractivity contribution < 1.29 is 42.9 Å². The molecular weight excluding hydrogens is 1170 g/mol. The van der Waals surface area contributed by atoms with Crippen molar-refractivity contribution in [3.05, 3.63) is 101 Å². The van der Waals surface area contributed by atoms with Crippen LogP contribution in [0.25, 0.3) is 0 Å². The molecule has 3 fully saturated rings. The number of nitrogens with zero attached hydrogens (tertiary/aromatic N) is 3. The largest absolute Gasteiger partial charge is 0.444 e. The molecule has 3 saturated heterocycles. The minimum atomic E-state index is -0.559. The Morgan fingerprint density at radius 1 is 0.519 bits per heavy atom. The van der Waals surface area contributed by atoms with Gasteiger partial charge in [0, 0.05) is 75.1 Å². The first-order chi connectivity index (χ1) is 35.2. The van der Waals surface area contributed by atoms with Crippen LogP contribution in [0.3, 0.4) is 0 Å². The highest BCUT2D eigenvalue weighted by atomic mass is 79.9. The number of alkyl carbamates (subject to hydrolysis) is 1. The summed E-state index contributed by atoms with van der Waals surface area (Å²) in [4.78, 5) is 67.7. The lowest BCUT2D eigenvalue weighted by Crippen LogP contribution is -2.49. The van der Waals surface area contributed by atoms with Crippen LogP contribution in [0.2, 0.25) is 0 Å². The monoisotopic (exact) mass is 1260 g/mol. The van der Waals surface area contributed by atoms with Crippen molar-refractivity contribution in [3.8, 4) is 0 Å². The molecule has 424 valence electrons. The van der Waals surface area contributed by atoms with E-state index in [-0.39, 0.29) is 59.8 Å². The summed E-state index contributed by atoms with van der Waals surface area (Å²) >= 11 is 10.5. The number of benzene rings is 3. The summed E-state index contributed by atoms with van der Waals surface area (Å²) in [5.41, 5.74) is 11.1. The van der Waals surface area contributed by atoms with Gasteiger partial charge in [0.25, 0.3) is 0 Å². The summed E-state index contributed by atoms with van der Waals surface area (Å²) < 4.78 is 25.0. The number of rotatable bonds is 1. The third-order valence-corrected chi connectivity index (χ3v) is 16.9. The third kappa shape index (κ3) is 15.2. The number of amides is 4. The second kappa shape index (κ2) is 23.5. The minimum absolute atomic E-state index is 0. The molecule has 6 aliphatic rings. The molecule has 3 aromatic carbocycles. The molecular formula is C60H84Br3N5O9. The average Bonchev–Trinajstić information content (AvgIpc) is 3.84. The van der Waals surface area contributed by atoms with Crippen LogP contribution in [0.5, 0.6) is 0 Å². The van der Waals surface area contributed by atoms with Crippen LogP contribution in [0.4, 0.5) is 19.2 Å². The lowest BCUT2D eigenvalue weighted by Gasteiger charge is -2.43. The van der Waals surface area contributed by atoms with Gasteiger partial charge in [-0.1, -0.05) is 73.4 Å². The van der Waals surface area contributed by atoms with Crippen molar-refractivity contribution in [1.29, 1.82) is 0 Å². The lowest BCUT2D eigenvalue weighted by molar-refractivity contribution is 0.00321. The highest BCUT2D eigenvalue weighted by Gasteiger charge is 2.51. The van der Waals surface area contributed by atoms with E-state index >= 15 is 0 Å². The Morgan fingerprint density at radius 3 is 1.32 bits per heavy atom. The zero-order chi connectivity index (χ0) is 56.0. The Bertz CT molecular complexity index is 2660. The summed E-state index contributed by atoms with van der Waals surface area (Å²) in [6, 6.07) is 18.5. The number of carbonyl (C=O) groups excluding carboxylic acids is 5. The summed E-state index contributed by atoms with van der Waals surface area (Å²) in [6.45, 7) is 26.3. The first-order valence-corrected chi connectivity index (χ1v) is 29.2. The second-order valence-electron chi connectivity index (χ2n) is 25.8. The van der Waals surface area contributed by atoms with Crippen molar-refractivity contribution in [3.63, 3.8) is 0 Å². The number of nitrogens with two attached hydrogens (primary N) is 1. The fourth-order valence-corrected chi connectivity index (χ4v) is 12.8. The van der Waals surface area contributed by atoms with Gasteiger partial charge in [0.05, 0.1) is 6.04 Å². The number of hydrogen-bond acceptors (Lipinski definition) is 10. The SMILES string of the molecule is C.CC(C)(C)OC(=O)N1CCC2(CC1)Cc1ccc(Br)cc1C2=O.CC(C)(C)OC(=O)N1CCC2(CC1)Cc1ccc(Br)cc1C2N.CC(C)(C)OC(=O)NC1c2cc(Br)ccc2CC12CCN(C(=O)OC(C)(C)C)CC2. The highest BCUT2D eigenvalue weighted by molar-refractivity contribution is 9.11. The topological polar surface area (TPSA) is 170 Å². The summed E-state index contributed by atoms with van der Waals surface area (Å²) in [6.07, 6.45) is 6.36. The van der Waals surface area contributed by atoms with E-state index in [9.17, 15) is 24.0 Å². The van der Waals surface area contributed by atoms with Crippen molar-refractivity contribution in [2.45, 2.75) is 183 Å². The van der Waals surface area contributed by atoms with Crippen LogP contribution >= 0.6 is 47.8 Å². The van der Waals surface area contributed by atoms with E-state index < -0.39 is 28.5 Å². The normalized spacial score (nSPS) is 20.8. The molecule has 77 heavy (non-hydrogen) atoms. The van der Waals surface area contributed by atoms with Gasteiger partial charge < -0.3 is 44.7 Å². The summed E-state index contributed by atoms with van der Waals surface area (Å²) in [5, 5.41) is 3.14. The number of likely N-dealkylation sites (tertiary alicyclic amines) is 3. The first-order valence-electron chi connectivity index (χ1n) is 26.8. The summed E-state index contributed by atoms with van der Waals surface area (Å²) in [5.74, 6) is 0.234. The van der Waals surface area contributed by atoms with E-state index in [1.54, 1.807) is 9.80 Å². The zero-order valence-corrected chi connectivity index (χ0v) is 51.4. The highest BCUT2D eigenvalue weighted by Crippen LogP contribution is 2.54. The van der Waals surface area contributed by atoms with E-state index in [1.807, 2.05) is 112 Å². The van der Waals surface area contributed by atoms with Crippen LogP contribution < -0.4 is 11.1 Å². The van der Waals surface area contributed by atoms with E-state index in [2.05, 4.69) is 83.4 Å². The zero-order valence-electron chi connectivity index (χ0n) is 46.7. The van der Waals surface area contributed by atoms with E-state index in [1.165, 1.54) is 16.7 Å². The molecule has 3 aliphatic heterocycles. The molecule has 9 rings (SSSR count). The Labute approximate surface area is 483 Å². The van der Waals surface area contributed by atoms with Gasteiger partial charge in [-0.15, -0.1) is 0 Å². The molecule has 3 aromatic rings. The van der Waals surface area contributed by atoms with Gasteiger partial charge in [-0.2, -0.15) is 0 Å². The Hall–Kier alpha value is -4.19. The standard InChI is InChI=1S/C23H33BrN2O4.C18H25BrN2O2.C18H22BrNO3.CH4/c1-21(2,3)29-19(27)25-18-17-13-16(24)8-7-15(17)14-23(18)9-11-26(12-10-23)20(28)30-22(4,5)6;1-17(2,3)23-16(22)21-8-6-18(7-9-21)11-12-4-5-13(19)10-14(12)15(18)20;1-17(2,3)23-16(22)20-8-6-18(7-9-20)11-12-4-5-13(19)10-14(12)15(18)21;/h7-8,13,18H,9-12,14H2,1-6H3,(H,25,27);4-5,10,15H,6-9,11,20H2,1-3H3;4-5,10H,6-9,11H2,1-3H3;1H4. The number of carbonyl (C=O) groups is 5. The molecule has 2 unspecified atom stereocenters. The number of halogens is 3. The first kappa shape index (κ1) is 62.0. The molecule has 0 saturated carbocycles. The Morgan fingerprint density at radius 2 is 0.883 bits per heavy atom. The fourth-order valence-electron chi connectivity index (χ4n) is 11.7. The molecule has 14 nitrogen and oxygen atoms in total. The van der Waals surface area contributed by atoms with Crippen molar-refractivity contribution in [2.24, 2.45) is 22.0 Å². The molecule has 0 bridgehead atoms. The van der Waals surface area contributed by atoms with Crippen LogP contribution in [-0.4, -0.2) is 107 Å². The van der Waals surface area contributed by atoms with Crippen LogP contribution in [0, 0.1) is 16.2 Å². The van der Waals surface area contributed by atoms with Gasteiger partial charge in [-0.05, 0) is 211 Å². The quantitative estimate of drug-likeness (QED) is 0.224. The van der Waals surface area contributed by atoms with E-state index in [0.717, 1.165) is 88.1 Å².